The number of hydrogen-bond acceptors (Lipinski definition) is 3. The zero-order chi connectivity index (χ0) is 19.0. The van der Waals surface area contributed by atoms with Crippen molar-refractivity contribution < 1.29 is 13.6 Å². The number of imidazole rings is 1. The van der Waals surface area contributed by atoms with Crippen molar-refractivity contribution in [2.24, 2.45) is 7.05 Å². The van der Waals surface area contributed by atoms with Crippen LogP contribution in [0.5, 0.6) is 0 Å². The summed E-state index contributed by atoms with van der Waals surface area (Å²) in [6.45, 7) is 1.85. The number of carbonyl (C=O) groups excluding carboxylic acids is 1. The maximum atomic E-state index is 13.8. The Morgan fingerprint density at radius 2 is 2.04 bits per heavy atom. The quantitative estimate of drug-likeness (QED) is 0.593. The molecule has 0 radical (unpaired) electrons. The normalized spacial score (nSPS) is 12.3. The summed E-state index contributed by atoms with van der Waals surface area (Å²) in [4.78, 5) is 17.3. The van der Waals surface area contributed by atoms with E-state index in [0.29, 0.717) is 17.0 Å². The number of fused-ring (bicyclic) bond motifs is 1. The van der Waals surface area contributed by atoms with Gasteiger partial charge in [-0.05, 0) is 30.7 Å². The van der Waals surface area contributed by atoms with Gasteiger partial charge in [0.25, 0.3) is 5.91 Å². The standard InChI is InChI=1S/C21H18FN3O2/c1-13-16-8-3-4-9-17(16)27-19(13)21(26)24-18(20-23-10-11-25(20)2)14-6-5-7-15(22)12-14/h3-12,18H,1-2H3,(H,24,26)/t18-/m1/s1. The number of nitrogens with one attached hydrogen (secondary N) is 1. The summed E-state index contributed by atoms with van der Waals surface area (Å²) in [5, 5.41) is 3.83. The Morgan fingerprint density at radius 1 is 1.22 bits per heavy atom. The Labute approximate surface area is 155 Å². The van der Waals surface area contributed by atoms with E-state index in [2.05, 4.69) is 10.3 Å². The first-order chi connectivity index (χ1) is 13.0. The fraction of sp³-hybridized carbons (Fsp3) is 0.143. The highest BCUT2D eigenvalue weighted by Gasteiger charge is 2.25. The molecule has 0 aliphatic carbocycles. The van der Waals surface area contributed by atoms with Crippen molar-refractivity contribution >= 4 is 16.9 Å². The van der Waals surface area contributed by atoms with E-state index in [-0.39, 0.29) is 17.5 Å². The average molecular weight is 363 g/mol. The highest BCUT2D eigenvalue weighted by molar-refractivity contribution is 5.99. The number of halogens is 1. The van der Waals surface area contributed by atoms with Gasteiger partial charge >= 0.3 is 0 Å². The Morgan fingerprint density at radius 3 is 2.74 bits per heavy atom. The molecule has 4 aromatic rings. The monoisotopic (exact) mass is 363 g/mol. The first kappa shape index (κ1) is 17.0. The van der Waals surface area contributed by atoms with Crippen LogP contribution in [-0.4, -0.2) is 15.5 Å². The van der Waals surface area contributed by atoms with E-state index in [4.69, 9.17) is 4.42 Å². The highest BCUT2D eigenvalue weighted by Crippen LogP contribution is 2.27. The van der Waals surface area contributed by atoms with Gasteiger partial charge in [0.1, 0.15) is 23.3 Å². The molecule has 136 valence electrons. The first-order valence-corrected chi connectivity index (χ1v) is 8.56. The lowest BCUT2D eigenvalue weighted by Crippen LogP contribution is -2.31. The summed E-state index contributed by atoms with van der Waals surface area (Å²) in [6.07, 6.45) is 3.42. The fourth-order valence-electron chi connectivity index (χ4n) is 3.23. The predicted octanol–water partition coefficient (Wildman–Crippen LogP) is 4.13. The first-order valence-electron chi connectivity index (χ1n) is 8.56. The van der Waals surface area contributed by atoms with Crippen molar-refractivity contribution in [3.05, 3.63) is 89.5 Å². The number of amides is 1. The van der Waals surface area contributed by atoms with Crippen molar-refractivity contribution in [2.75, 3.05) is 0 Å². The van der Waals surface area contributed by atoms with Crippen LogP contribution >= 0.6 is 0 Å². The van der Waals surface area contributed by atoms with Crippen molar-refractivity contribution in [2.45, 2.75) is 13.0 Å². The molecule has 1 amide bonds. The molecule has 27 heavy (non-hydrogen) atoms. The molecule has 2 aromatic carbocycles. The fourth-order valence-corrected chi connectivity index (χ4v) is 3.23. The molecule has 2 heterocycles. The van der Waals surface area contributed by atoms with Gasteiger partial charge in [0.2, 0.25) is 0 Å². The average Bonchev–Trinajstić information content (AvgIpc) is 3.23. The number of nitrogens with zero attached hydrogens (tertiary/aromatic N) is 2. The van der Waals surface area contributed by atoms with Gasteiger partial charge in [-0.1, -0.05) is 30.3 Å². The molecule has 2 aromatic heterocycles. The minimum atomic E-state index is -0.610. The van der Waals surface area contributed by atoms with E-state index < -0.39 is 6.04 Å². The van der Waals surface area contributed by atoms with Gasteiger partial charge in [-0.15, -0.1) is 0 Å². The third kappa shape index (κ3) is 3.10. The Kier molecular flexibility index (Phi) is 4.24. The lowest BCUT2D eigenvalue weighted by molar-refractivity contribution is 0.0914. The van der Waals surface area contributed by atoms with E-state index in [0.717, 1.165) is 10.9 Å². The van der Waals surface area contributed by atoms with E-state index >= 15 is 0 Å². The maximum absolute atomic E-state index is 13.8. The van der Waals surface area contributed by atoms with Crippen molar-refractivity contribution in [3.8, 4) is 0 Å². The Hall–Kier alpha value is -3.41. The third-order valence-electron chi connectivity index (χ3n) is 4.62. The second-order valence-corrected chi connectivity index (χ2v) is 6.41. The van der Waals surface area contributed by atoms with E-state index in [1.54, 1.807) is 29.1 Å². The van der Waals surface area contributed by atoms with Crippen LogP contribution in [0.2, 0.25) is 0 Å². The van der Waals surface area contributed by atoms with Gasteiger partial charge < -0.3 is 14.3 Å². The van der Waals surface area contributed by atoms with Crippen LogP contribution in [0.1, 0.15) is 33.5 Å². The van der Waals surface area contributed by atoms with Crippen LogP contribution in [0.15, 0.2) is 65.3 Å². The largest absolute Gasteiger partial charge is 0.451 e. The van der Waals surface area contributed by atoms with Crippen LogP contribution in [0.4, 0.5) is 4.39 Å². The van der Waals surface area contributed by atoms with Gasteiger partial charge in [-0.2, -0.15) is 0 Å². The summed E-state index contributed by atoms with van der Waals surface area (Å²) < 4.78 is 21.3. The minimum absolute atomic E-state index is 0.242. The molecule has 0 bridgehead atoms. The molecule has 0 aliphatic heterocycles. The molecule has 0 spiro atoms. The number of para-hydroxylation sites is 1. The number of benzene rings is 2. The van der Waals surface area contributed by atoms with Crippen molar-refractivity contribution in [1.29, 1.82) is 0 Å². The summed E-state index contributed by atoms with van der Waals surface area (Å²) in [5.41, 5.74) is 2.02. The molecule has 5 nitrogen and oxygen atoms in total. The second-order valence-electron chi connectivity index (χ2n) is 6.41. The molecule has 0 aliphatic rings. The van der Waals surface area contributed by atoms with Gasteiger partial charge in [0, 0.05) is 30.4 Å². The molecule has 4 rings (SSSR count). The Bertz CT molecular complexity index is 1130. The molecule has 1 N–H and O–H groups in total. The van der Waals surface area contributed by atoms with Crippen molar-refractivity contribution in [1.82, 2.24) is 14.9 Å². The number of rotatable bonds is 4. The van der Waals surface area contributed by atoms with Crippen LogP contribution in [-0.2, 0) is 7.05 Å². The van der Waals surface area contributed by atoms with Gasteiger partial charge in [-0.3, -0.25) is 4.79 Å². The summed E-state index contributed by atoms with van der Waals surface area (Å²) >= 11 is 0. The minimum Gasteiger partial charge on any atom is -0.451 e. The number of aryl methyl sites for hydroxylation is 2. The number of furan rings is 1. The second kappa shape index (κ2) is 6.72. The molecule has 6 heteroatoms. The topological polar surface area (TPSA) is 60.1 Å². The van der Waals surface area contributed by atoms with Crippen LogP contribution in [0.3, 0.4) is 0 Å². The van der Waals surface area contributed by atoms with Crippen LogP contribution in [0, 0.1) is 12.7 Å². The number of aromatic nitrogens is 2. The molecular weight excluding hydrogens is 345 g/mol. The lowest BCUT2D eigenvalue weighted by atomic mass is 10.1. The molecular formula is C21H18FN3O2. The highest BCUT2D eigenvalue weighted by atomic mass is 19.1. The zero-order valence-electron chi connectivity index (χ0n) is 14.9. The molecule has 1 atom stereocenters. The third-order valence-corrected chi connectivity index (χ3v) is 4.62. The molecule has 0 unspecified atom stereocenters. The molecule has 0 saturated heterocycles. The number of hydrogen-bond donors (Lipinski definition) is 1. The summed E-state index contributed by atoms with van der Waals surface area (Å²) in [6, 6.07) is 13.0. The van der Waals surface area contributed by atoms with Gasteiger partial charge in [0.15, 0.2) is 5.76 Å². The maximum Gasteiger partial charge on any atom is 0.288 e. The van der Waals surface area contributed by atoms with Crippen LogP contribution in [0.25, 0.3) is 11.0 Å². The Balaban J connectivity index is 1.74. The number of carbonyl (C=O) groups is 1. The van der Waals surface area contributed by atoms with Crippen molar-refractivity contribution in [3.63, 3.8) is 0 Å². The van der Waals surface area contributed by atoms with E-state index in [1.807, 2.05) is 38.2 Å². The SMILES string of the molecule is Cc1c(C(=O)N[C@H](c2cccc(F)c2)c2nccn2C)oc2ccccc12. The molecule has 0 fully saturated rings. The van der Waals surface area contributed by atoms with Crippen LogP contribution < -0.4 is 5.32 Å². The zero-order valence-corrected chi connectivity index (χ0v) is 14.9. The van der Waals surface area contributed by atoms with E-state index in [1.165, 1.54) is 12.1 Å². The smallest absolute Gasteiger partial charge is 0.288 e. The lowest BCUT2D eigenvalue weighted by Gasteiger charge is -2.19. The van der Waals surface area contributed by atoms with E-state index in [9.17, 15) is 9.18 Å². The van der Waals surface area contributed by atoms with Gasteiger partial charge in [-0.25, -0.2) is 9.37 Å². The summed E-state index contributed by atoms with van der Waals surface area (Å²) in [5.74, 6) is 0.0939. The summed E-state index contributed by atoms with van der Waals surface area (Å²) in [7, 11) is 1.83. The van der Waals surface area contributed by atoms with Gasteiger partial charge in [0.05, 0.1) is 0 Å². The molecule has 0 saturated carbocycles. The predicted molar refractivity (Wildman–Crippen MR) is 99.9 cm³/mol.